The van der Waals surface area contributed by atoms with Crippen molar-refractivity contribution in [1.82, 2.24) is 14.8 Å². The third-order valence-electron chi connectivity index (χ3n) is 3.05. The zero-order valence-electron chi connectivity index (χ0n) is 10.8. The quantitative estimate of drug-likeness (QED) is 0.720. The van der Waals surface area contributed by atoms with Gasteiger partial charge in [0.25, 0.3) is 0 Å². The second-order valence-corrected chi connectivity index (χ2v) is 5.67. The fraction of sp³-hybridized carbons (Fsp3) is 0.231. The maximum atomic E-state index is 6.07. The van der Waals surface area contributed by atoms with E-state index in [0.717, 1.165) is 32.3 Å². The van der Waals surface area contributed by atoms with E-state index in [1.165, 1.54) is 0 Å². The van der Waals surface area contributed by atoms with Crippen molar-refractivity contribution < 1.29 is 0 Å². The highest BCUT2D eigenvalue weighted by Gasteiger charge is 2.07. The van der Waals surface area contributed by atoms with E-state index in [4.69, 9.17) is 5.73 Å². The van der Waals surface area contributed by atoms with Gasteiger partial charge in [-0.3, -0.25) is 4.68 Å². The summed E-state index contributed by atoms with van der Waals surface area (Å²) in [5.74, 6) is 0. The maximum absolute atomic E-state index is 6.07. The Morgan fingerprint density at radius 2 is 2.26 bits per heavy atom. The summed E-state index contributed by atoms with van der Waals surface area (Å²) in [4.78, 5) is 4.48. The molecule has 2 heterocycles. The van der Waals surface area contributed by atoms with Gasteiger partial charge in [-0.05, 0) is 25.1 Å². The number of aromatic nitrogens is 3. The van der Waals surface area contributed by atoms with Crippen LogP contribution in [0.4, 0.5) is 11.4 Å². The second-order valence-electron chi connectivity index (χ2n) is 4.44. The second kappa shape index (κ2) is 4.55. The predicted octanol–water partition coefficient (Wildman–Crippen LogP) is 2.53. The molecule has 0 saturated heterocycles. The smallest absolute Gasteiger partial charge is 0.0907 e. The third-order valence-corrected chi connectivity index (χ3v) is 3.98. The van der Waals surface area contributed by atoms with E-state index in [1.807, 2.05) is 36.9 Å². The normalized spacial score (nSPS) is 11.1. The van der Waals surface area contributed by atoms with Gasteiger partial charge in [0, 0.05) is 13.2 Å². The molecule has 0 bridgehead atoms. The summed E-state index contributed by atoms with van der Waals surface area (Å²) in [5.41, 5.74) is 9.83. The van der Waals surface area contributed by atoms with E-state index >= 15 is 0 Å². The van der Waals surface area contributed by atoms with Gasteiger partial charge in [-0.15, -0.1) is 11.3 Å². The van der Waals surface area contributed by atoms with Crippen LogP contribution in [0.25, 0.3) is 10.2 Å². The maximum Gasteiger partial charge on any atom is 0.0907 e. The number of benzene rings is 1. The minimum Gasteiger partial charge on any atom is -0.397 e. The van der Waals surface area contributed by atoms with Gasteiger partial charge in [0.1, 0.15) is 0 Å². The van der Waals surface area contributed by atoms with Gasteiger partial charge in [-0.1, -0.05) is 0 Å². The summed E-state index contributed by atoms with van der Waals surface area (Å²) >= 11 is 1.66. The first-order chi connectivity index (χ1) is 9.13. The van der Waals surface area contributed by atoms with E-state index in [1.54, 1.807) is 17.5 Å². The topological polar surface area (TPSA) is 68.8 Å². The van der Waals surface area contributed by atoms with Crippen molar-refractivity contribution in [3.63, 3.8) is 0 Å². The summed E-state index contributed by atoms with van der Waals surface area (Å²) in [6.07, 6.45) is 1.79. The van der Waals surface area contributed by atoms with E-state index in [-0.39, 0.29) is 0 Å². The molecule has 5 nitrogen and oxygen atoms in total. The fourth-order valence-corrected chi connectivity index (χ4v) is 2.88. The standard InChI is InChI=1S/C13H15N5S/c1-8-17-12-6-11(10(14)5-13(12)19-8)15-7-9-3-4-16-18(9)2/h3-6,15H,7,14H2,1-2H3. The number of nitrogens with two attached hydrogens (primary N) is 1. The zero-order chi connectivity index (χ0) is 13.4. The SMILES string of the molecule is Cc1nc2cc(NCc3ccnn3C)c(N)cc2s1. The molecule has 0 saturated carbocycles. The number of hydrogen-bond acceptors (Lipinski definition) is 5. The molecule has 19 heavy (non-hydrogen) atoms. The molecule has 0 spiro atoms. The van der Waals surface area contributed by atoms with E-state index in [2.05, 4.69) is 15.4 Å². The van der Waals surface area contributed by atoms with E-state index in [9.17, 15) is 0 Å². The average Bonchev–Trinajstić information content (AvgIpc) is 2.91. The Labute approximate surface area is 115 Å². The van der Waals surface area contributed by atoms with Gasteiger partial charge in [0.05, 0.1) is 38.8 Å². The van der Waals surface area contributed by atoms with Crippen molar-refractivity contribution in [2.45, 2.75) is 13.5 Å². The lowest BCUT2D eigenvalue weighted by Gasteiger charge is -2.09. The molecule has 0 atom stereocenters. The number of nitrogens with zero attached hydrogens (tertiary/aromatic N) is 3. The molecular weight excluding hydrogens is 258 g/mol. The number of aryl methyl sites for hydroxylation is 2. The van der Waals surface area contributed by atoms with Crippen molar-refractivity contribution in [2.24, 2.45) is 7.05 Å². The van der Waals surface area contributed by atoms with E-state index in [0.29, 0.717) is 6.54 Å². The number of fused-ring (bicyclic) bond motifs is 1. The number of nitrogens with one attached hydrogen (secondary N) is 1. The Morgan fingerprint density at radius 1 is 1.42 bits per heavy atom. The number of rotatable bonds is 3. The van der Waals surface area contributed by atoms with E-state index < -0.39 is 0 Å². The van der Waals surface area contributed by atoms with Crippen molar-refractivity contribution >= 4 is 32.9 Å². The lowest BCUT2D eigenvalue weighted by molar-refractivity contribution is 0.720. The molecule has 1 aromatic carbocycles. The van der Waals surface area contributed by atoms with Crippen molar-refractivity contribution in [2.75, 3.05) is 11.1 Å². The summed E-state index contributed by atoms with van der Waals surface area (Å²) in [7, 11) is 1.92. The monoisotopic (exact) mass is 273 g/mol. The van der Waals surface area contributed by atoms with Crippen LogP contribution in [0.15, 0.2) is 24.4 Å². The first-order valence-electron chi connectivity index (χ1n) is 6.01. The van der Waals surface area contributed by atoms with Gasteiger partial charge >= 0.3 is 0 Å². The molecule has 6 heteroatoms. The molecule has 0 unspecified atom stereocenters. The van der Waals surface area contributed by atoms with Crippen LogP contribution in [0.1, 0.15) is 10.7 Å². The van der Waals surface area contributed by atoms with Gasteiger partial charge in [-0.25, -0.2) is 4.98 Å². The minimum atomic E-state index is 0.690. The summed E-state index contributed by atoms with van der Waals surface area (Å²) in [5, 5.41) is 8.53. The summed E-state index contributed by atoms with van der Waals surface area (Å²) in [6.45, 7) is 2.69. The van der Waals surface area contributed by atoms with Crippen LogP contribution >= 0.6 is 11.3 Å². The molecule has 0 aliphatic rings. The summed E-state index contributed by atoms with van der Waals surface area (Å²) in [6, 6.07) is 5.96. The first-order valence-corrected chi connectivity index (χ1v) is 6.82. The Balaban J connectivity index is 1.88. The van der Waals surface area contributed by atoms with Crippen molar-refractivity contribution in [1.29, 1.82) is 0 Å². The zero-order valence-corrected chi connectivity index (χ0v) is 11.7. The molecule has 3 rings (SSSR count). The highest BCUT2D eigenvalue weighted by molar-refractivity contribution is 7.18. The molecule has 0 radical (unpaired) electrons. The lowest BCUT2D eigenvalue weighted by atomic mass is 10.2. The number of hydrogen-bond donors (Lipinski definition) is 2. The Hall–Kier alpha value is -2.08. The molecule has 0 aliphatic carbocycles. The number of anilines is 2. The lowest BCUT2D eigenvalue weighted by Crippen LogP contribution is -2.06. The molecule has 98 valence electrons. The molecule has 3 N–H and O–H groups in total. The largest absolute Gasteiger partial charge is 0.397 e. The molecule has 0 amide bonds. The van der Waals surface area contributed by atoms with Crippen LogP contribution in [0, 0.1) is 6.92 Å². The molecule has 2 aromatic heterocycles. The van der Waals surface area contributed by atoms with Crippen molar-refractivity contribution in [3.8, 4) is 0 Å². The highest BCUT2D eigenvalue weighted by Crippen LogP contribution is 2.29. The Morgan fingerprint density at radius 3 is 3.00 bits per heavy atom. The molecule has 0 fully saturated rings. The van der Waals surface area contributed by atoms with Gasteiger partial charge < -0.3 is 11.1 Å². The van der Waals surface area contributed by atoms with Crippen LogP contribution < -0.4 is 11.1 Å². The Kier molecular flexibility index (Phi) is 2.87. The summed E-state index contributed by atoms with van der Waals surface area (Å²) < 4.78 is 2.97. The van der Waals surface area contributed by atoms with Crippen LogP contribution in [-0.2, 0) is 13.6 Å². The molecule has 0 aliphatic heterocycles. The number of nitrogen functional groups attached to an aromatic ring is 1. The van der Waals surface area contributed by atoms with Crippen molar-refractivity contribution in [3.05, 3.63) is 35.1 Å². The first kappa shape index (κ1) is 12.0. The van der Waals surface area contributed by atoms with Gasteiger partial charge in [0.2, 0.25) is 0 Å². The van der Waals surface area contributed by atoms with Crippen LogP contribution in [-0.4, -0.2) is 14.8 Å². The predicted molar refractivity (Wildman–Crippen MR) is 79.3 cm³/mol. The minimum absolute atomic E-state index is 0.690. The average molecular weight is 273 g/mol. The Bertz CT molecular complexity index is 728. The van der Waals surface area contributed by atoms with Crippen LogP contribution in [0.5, 0.6) is 0 Å². The third kappa shape index (κ3) is 2.26. The molecule has 3 aromatic rings. The van der Waals surface area contributed by atoms with Crippen LogP contribution in [0.3, 0.4) is 0 Å². The van der Waals surface area contributed by atoms with Gasteiger partial charge in [-0.2, -0.15) is 5.10 Å². The highest BCUT2D eigenvalue weighted by atomic mass is 32.1. The fourth-order valence-electron chi connectivity index (χ4n) is 2.02. The van der Waals surface area contributed by atoms with Crippen LogP contribution in [0.2, 0.25) is 0 Å². The van der Waals surface area contributed by atoms with Gasteiger partial charge in [0.15, 0.2) is 0 Å². The molecular formula is C13H15N5S. The number of thiazole rings is 1.